The molecule has 3 rings (SSSR count). The van der Waals surface area contributed by atoms with E-state index in [1.54, 1.807) is 11.8 Å². The Morgan fingerprint density at radius 3 is 2.42 bits per heavy atom. The van der Waals surface area contributed by atoms with E-state index in [9.17, 15) is 14.4 Å². The van der Waals surface area contributed by atoms with E-state index >= 15 is 0 Å². The Bertz CT molecular complexity index is 668. The molecule has 1 aromatic carbocycles. The number of piperidine rings is 1. The molecule has 2 heterocycles. The molecule has 0 aromatic heterocycles. The number of benzene rings is 1. The van der Waals surface area contributed by atoms with Crippen molar-refractivity contribution in [2.75, 3.05) is 19.6 Å². The van der Waals surface area contributed by atoms with E-state index in [4.69, 9.17) is 0 Å². The number of hydrogen-bond donors (Lipinski definition) is 1. The van der Waals surface area contributed by atoms with E-state index in [0.29, 0.717) is 19.6 Å². The van der Waals surface area contributed by atoms with Crippen LogP contribution in [0.5, 0.6) is 0 Å². The van der Waals surface area contributed by atoms with Gasteiger partial charge in [-0.15, -0.1) is 0 Å². The normalized spacial score (nSPS) is 22.4. The third kappa shape index (κ3) is 4.06. The molecule has 0 radical (unpaired) electrons. The highest BCUT2D eigenvalue weighted by Gasteiger charge is 2.37. The van der Waals surface area contributed by atoms with Gasteiger partial charge < -0.3 is 15.1 Å². The number of nitrogens with zero attached hydrogens (tertiary/aromatic N) is 2. The van der Waals surface area contributed by atoms with Crippen molar-refractivity contribution in [1.82, 2.24) is 15.1 Å². The monoisotopic (exact) mass is 357 g/mol. The second-order valence-corrected chi connectivity index (χ2v) is 7.32. The first kappa shape index (κ1) is 18.4. The highest BCUT2D eigenvalue weighted by Crippen LogP contribution is 2.28. The van der Waals surface area contributed by atoms with Crippen LogP contribution in [-0.2, 0) is 14.4 Å². The Hall–Kier alpha value is -2.37. The minimum absolute atomic E-state index is 0.0275. The van der Waals surface area contributed by atoms with Crippen LogP contribution in [0.4, 0.5) is 0 Å². The molecule has 0 aliphatic carbocycles. The maximum absolute atomic E-state index is 12.6. The van der Waals surface area contributed by atoms with Gasteiger partial charge in [0.15, 0.2) is 0 Å². The van der Waals surface area contributed by atoms with Gasteiger partial charge in [-0.25, -0.2) is 0 Å². The third-order valence-corrected chi connectivity index (χ3v) is 5.57. The van der Waals surface area contributed by atoms with Gasteiger partial charge in [0, 0.05) is 39.0 Å². The molecule has 0 saturated carbocycles. The van der Waals surface area contributed by atoms with Crippen LogP contribution in [-0.4, -0.2) is 53.2 Å². The van der Waals surface area contributed by atoms with E-state index in [0.717, 1.165) is 18.4 Å². The first-order chi connectivity index (χ1) is 12.5. The summed E-state index contributed by atoms with van der Waals surface area (Å²) in [6, 6.07) is 9.96. The zero-order valence-corrected chi connectivity index (χ0v) is 15.5. The number of rotatable bonds is 4. The maximum atomic E-state index is 12.6. The van der Waals surface area contributed by atoms with Crippen molar-refractivity contribution in [2.45, 2.75) is 45.2 Å². The Kier molecular flexibility index (Phi) is 5.59. The van der Waals surface area contributed by atoms with Crippen LogP contribution in [0.25, 0.3) is 0 Å². The Balaban J connectivity index is 1.53. The molecule has 2 aliphatic rings. The minimum atomic E-state index is -0.292. The smallest absolute Gasteiger partial charge is 0.225 e. The van der Waals surface area contributed by atoms with Crippen LogP contribution < -0.4 is 5.32 Å². The number of hydrogen-bond acceptors (Lipinski definition) is 3. The molecule has 2 atom stereocenters. The van der Waals surface area contributed by atoms with Crippen LogP contribution in [0.2, 0.25) is 0 Å². The van der Waals surface area contributed by atoms with Gasteiger partial charge in [-0.3, -0.25) is 14.4 Å². The van der Waals surface area contributed by atoms with Crippen molar-refractivity contribution in [1.29, 1.82) is 0 Å². The van der Waals surface area contributed by atoms with Crippen molar-refractivity contribution in [3.63, 3.8) is 0 Å². The lowest BCUT2D eigenvalue weighted by molar-refractivity contribution is -0.131. The molecule has 1 N–H and O–H groups in total. The first-order valence-electron chi connectivity index (χ1n) is 9.36. The lowest BCUT2D eigenvalue weighted by Crippen LogP contribution is -2.47. The molecule has 3 amide bonds. The molecule has 2 fully saturated rings. The number of likely N-dealkylation sites (tertiary alicyclic amines) is 2. The second-order valence-electron chi connectivity index (χ2n) is 7.32. The predicted octanol–water partition coefficient (Wildman–Crippen LogP) is 1.72. The van der Waals surface area contributed by atoms with Crippen molar-refractivity contribution < 1.29 is 14.4 Å². The van der Waals surface area contributed by atoms with Gasteiger partial charge in [-0.05, 0) is 25.3 Å². The number of nitrogens with one attached hydrogen (secondary N) is 1. The van der Waals surface area contributed by atoms with Crippen molar-refractivity contribution in [3.05, 3.63) is 35.9 Å². The lowest BCUT2D eigenvalue weighted by Gasteiger charge is -2.32. The molecule has 0 bridgehead atoms. The van der Waals surface area contributed by atoms with Crippen molar-refractivity contribution >= 4 is 17.7 Å². The largest absolute Gasteiger partial charge is 0.353 e. The summed E-state index contributed by atoms with van der Waals surface area (Å²) in [7, 11) is 0. The molecule has 2 unspecified atom stereocenters. The van der Waals surface area contributed by atoms with E-state index < -0.39 is 0 Å². The number of carbonyl (C=O) groups is 3. The van der Waals surface area contributed by atoms with E-state index in [-0.39, 0.29) is 42.1 Å². The molecule has 6 nitrogen and oxygen atoms in total. The standard InChI is InChI=1S/C20H27N3O3/c1-14(16-6-4-3-5-7-16)23-13-17(12-19(23)25)20(26)21-18-8-10-22(11-9-18)15(2)24/h3-7,14,17-18H,8-13H2,1-2H3,(H,21,26). The molecule has 2 aliphatic heterocycles. The summed E-state index contributed by atoms with van der Waals surface area (Å²) >= 11 is 0. The van der Waals surface area contributed by atoms with Gasteiger partial charge in [0.25, 0.3) is 0 Å². The zero-order chi connectivity index (χ0) is 18.7. The quantitative estimate of drug-likeness (QED) is 0.892. The van der Waals surface area contributed by atoms with Gasteiger partial charge in [-0.2, -0.15) is 0 Å². The summed E-state index contributed by atoms with van der Waals surface area (Å²) in [5.41, 5.74) is 1.08. The fourth-order valence-corrected chi connectivity index (χ4v) is 3.85. The zero-order valence-electron chi connectivity index (χ0n) is 15.5. The molecule has 6 heteroatoms. The van der Waals surface area contributed by atoms with Crippen molar-refractivity contribution in [3.8, 4) is 0 Å². The SMILES string of the molecule is CC(=O)N1CCC(NC(=O)C2CC(=O)N(C(C)c3ccccc3)C2)CC1. The van der Waals surface area contributed by atoms with Crippen LogP contribution in [0, 0.1) is 5.92 Å². The topological polar surface area (TPSA) is 69.7 Å². The van der Waals surface area contributed by atoms with E-state index in [1.807, 2.05) is 42.2 Å². The maximum Gasteiger partial charge on any atom is 0.225 e. The predicted molar refractivity (Wildman–Crippen MR) is 98.1 cm³/mol. The van der Waals surface area contributed by atoms with E-state index in [2.05, 4.69) is 5.32 Å². The fraction of sp³-hybridized carbons (Fsp3) is 0.550. The third-order valence-electron chi connectivity index (χ3n) is 5.57. The molecular weight excluding hydrogens is 330 g/mol. The van der Waals surface area contributed by atoms with Gasteiger partial charge >= 0.3 is 0 Å². The highest BCUT2D eigenvalue weighted by atomic mass is 16.2. The van der Waals surface area contributed by atoms with Crippen LogP contribution in [0.15, 0.2) is 30.3 Å². The summed E-state index contributed by atoms with van der Waals surface area (Å²) in [4.78, 5) is 40.0. The Labute approximate surface area is 154 Å². The molecule has 140 valence electrons. The lowest BCUT2D eigenvalue weighted by atomic mass is 10.0. The van der Waals surface area contributed by atoms with Gasteiger partial charge in [0.1, 0.15) is 0 Å². The van der Waals surface area contributed by atoms with Crippen LogP contribution in [0.1, 0.15) is 44.7 Å². The highest BCUT2D eigenvalue weighted by molar-refractivity contribution is 5.89. The van der Waals surface area contributed by atoms with Crippen LogP contribution in [0.3, 0.4) is 0 Å². The number of amides is 3. The summed E-state index contributed by atoms with van der Waals surface area (Å²) in [6.07, 6.45) is 1.82. The molecule has 26 heavy (non-hydrogen) atoms. The summed E-state index contributed by atoms with van der Waals surface area (Å²) < 4.78 is 0. The van der Waals surface area contributed by atoms with Crippen molar-refractivity contribution in [2.24, 2.45) is 5.92 Å². The summed E-state index contributed by atoms with van der Waals surface area (Å²) in [5.74, 6) is -0.212. The fourth-order valence-electron chi connectivity index (χ4n) is 3.85. The second kappa shape index (κ2) is 7.89. The molecule has 1 aromatic rings. The average Bonchev–Trinajstić information content (AvgIpc) is 3.04. The Morgan fingerprint density at radius 2 is 1.81 bits per heavy atom. The van der Waals surface area contributed by atoms with Crippen LogP contribution >= 0.6 is 0 Å². The number of carbonyl (C=O) groups excluding carboxylic acids is 3. The van der Waals surface area contributed by atoms with Gasteiger partial charge in [-0.1, -0.05) is 30.3 Å². The Morgan fingerprint density at radius 1 is 1.15 bits per heavy atom. The first-order valence-corrected chi connectivity index (χ1v) is 9.36. The summed E-state index contributed by atoms with van der Waals surface area (Å²) in [5, 5.41) is 3.08. The molecule has 2 saturated heterocycles. The minimum Gasteiger partial charge on any atom is -0.353 e. The van der Waals surface area contributed by atoms with E-state index in [1.165, 1.54) is 0 Å². The summed E-state index contributed by atoms with van der Waals surface area (Å²) in [6.45, 7) is 5.41. The van der Waals surface area contributed by atoms with Gasteiger partial charge in [0.05, 0.1) is 12.0 Å². The van der Waals surface area contributed by atoms with Gasteiger partial charge in [0.2, 0.25) is 17.7 Å². The molecule has 0 spiro atoms. The average molecular weight is 357 g/mol. The molecular formula is C20H27N3O3.